The van der Waals surface area contributed by atoms with E-state index >= 15 is 0 Å². The van der Waals surface area contributed by atoms with Crippen LogP contribution in [-0.4, -0.2) is 21.3 Å². The third kappa shape index (κ3) is 3.26. The third-order valence-corrected chi connectivity index (χ3v) is 3.81. The number of nitrogen functional groups attached to an aromatic ring is 1. The summed E-state index contributed by atoms with van der Waals surface area (Å²) >= 11 is 1.69. The van der Waals surface area contributed by atoms with Crippen molar-refractivity contribution in [2.24, 2.45) is 7.05 Å². The summed E-state index contributed by atoms with van der Waals surface area (Å²) in [6.07, 6.45) is 2.88. The Hall–Kier alpha value is -1.56. The van der Waals surface area contributed by atoms with Gasteiger partial charge >= 0.3 is 0 Å². The smallest absolute Gasteiger partial charge is 0.147 e. The second-order valence-electron chi connectivity index (χ2n) is 4.62. The van der Waals surface area contributed by atoms with Crippen LogP contribution in [0, 0.1) is 6.92 Å². The predicted octanol–water partition coefficient (Wildman–Crippen LogP) is 2.37. The Bertz CT molecular complexity index is 543. The molecule has 0 amide bonds. The number of hydrogen-bond acceptors (Lipinski definition) is 5. The number of rotatable bonds is 6. The molecule has 0 aliphatic carbocycles. The van der Waals surface area contributed by atoms with Gasteiger partial charge in [-0.1, -0.05) is 13.3 Å². The Morgan fingerprint density at radius 3 is 2.84 bits per heavy atom. The fraction of sp³-hybridized carbons (Fsp3) is 0.538. The Morgan fingerprint density at radius 2 is 2.21 bits per heavy atom. The van der Waals surface area contributed by atoms with Crippen molar-refractivity contribution in [1.29, 1.82) is 0 Å². The highest BCUT2D eigenvalue weighted by Crippen LogP contribution is 2.22. The zero-order chi connectivity index (χ0) is 13.8. The van der Waals surface area contributed by atoms with Gasteiger partial charge in [0.05, 0.1) is 22.1 Å². The van der Waals surface area contributed by atoms with Crippen LogP contribution in [-0.2, 0) is 19.9 Å². The number of thiazole rings is 1. The van der Waals surface area contributed by atoms with Crippen molar-refractivity contribution in [2.75, 3.05) is 17.6 Å². The molecule has 0 aromatic carbocycles. The molecule has 2 aromatic rings. The molecule has 0 aliphatic heterocycles. The van der Waals surface area contributed by atoms with Crippen LogP contribution in [0.4, 0.5) is 11.5 Å². The van der Waals surface area contributed by atoms with E-state index in [0.717, 1.165) is 53.7 Å². The molecule has 19 heavy (non-hydrogen) atoms. The van der Waals surface area contributed by atoms with E-state index in [2.05, 4.69) is 27.7 Å². The lowest BCUT2D eigenvalue weighted by Crippen LogP contribution is -2.10. The first-order valence-corrected chi connectivity index (χ1v) is 7.46. The fourth-order valence-corrected chi connectivity index (χ4v) is 2.71. The quantitative estimate of drug-likeness (QED) is 0.852. The van der Waals surface area contributed by atoms with E-state index in [-0.39, 0.29) is 0 Å². The zero-order valence-electron chi connectivity index (χ0n) is 11.7. The number of nitrogens with zero attached hydrogens (tertiary/aromatic N) is 3. The molecular formula is C13H21N5S. The maximum absolute atomic E-state index is 6.11. The average Bonchev–Trinajstić information content (AvgIpc) is 2.89. The maximum atomic E-state index is 6.11. The molecule has 2 heterocycles. The summed E-state index contributed by atoms with van der Waals surface area (Å²) in [5, 5.41) is 11.0. The first-order chi connectivity index (χ1) is 9.11. The largest absolute Gasteiger partial charge is 0.394 e. The SMILES string of the molecule is CCCc1nn(C)c(NCCc2csc(C)n2)c1N. The van der Waals surface area contributed by atoms with Crippen molar-refractivity contribution in [3.63, 3.8) is 0 Å². The summed E-state index contributed by atoms with van der Waals surface area (Å²) in [7, 11) is 1.92. The van der Waals surface area contributed by atoms with Gasteiger partial charge < -0.3 is 11.1 Å². The van der Waals surface area contributed by atoms with Crippen LogP contribution in [0.1, 0.15) is 29.7 Å². The molecule has 104 valence electrons. The van der Waals surface area contributed by atoms with Crippen LogP contribution in [0.5, 0.6) is 0 Å². The van der Waals surface area contributed by atoms with E-state index in [4.69, 9.17) is 5.73 Å². The second-order valence-corrected chi connectivity index (χ2v) is 5.68. The van der Waals surface area contributed by atoms with Gasteiger partial charge in [-0.25, -0.2) is 4.98 Å². The number of hydrogen-bond donors (Lipinski definition) is 2. The number of aryl methyl sites for hydroxylation is 3. The van der Waals surface area contributed by atoms with E-state index in [0.29, 0.717) is 0 Å². The third-order valence-electron chi connectivity index (χ3n) is 2.99. The maximum Gasteiger partial charge on any atom is 0.147 e. The lowest BCUT2D eigenvalue weighted by Gasteiger charge is -2.06. The van der Waals surface area contributed by atoms with Gasteiger partial charge in [0, 0.05) is 25.4 Å². The van der Waals surface area contributed by atoms with E-state index in [9.17, 15) is 0 Å². The average molecular weight is 279 g/mol. The van der Waals surface area contributed by atoms with Gasteiger partial charge in [0.25, 0.3) is 0 Å². The molecule has 2 rings (SSSR count). The van der Waals surface area contributed by atoms with Crippen molar-refractivity contribution in [2.45, 2.75) is 33.1 Å². The molecule has 0 radical (unpaired) electrons. The van der Waals surface area contributed by atoms with Crippen LogP contribution in [0.15, 0.2) is 5.38 Å². The number of nitrogens with one attached hydrogen (secondary N) is 1. The molecule has 0 spiro atoms. The monoisotopic (exact) mass is 279 g/mol. The molecule has 0 fully saturated rings. The first kappa shape index (κ1) is 13.9. The van der Waals surface area contributed by atoms with E-state index in [1.807, 2.05) is 18.7 Å². The van der Waals surface area contributed by atoms with Gasteiger partial charge in [0.2, 0.25) is 0 Å². The Balaban J connectivity index is 1.95. The molecule has 6 heteroatoms. The molecule has 0 saturated heterocycles. The normalized spacial score (nSPS) is 10.9. The molecule has 2 aromatic heterocycles. The minimum atomic E-state index is 0.777. The van der Waals surface area contributed by atoms with Crippen molar-refractivity contribution in [3.8, 4) is 0 Å². The first-order valence-electron chi connectivity index (χ1n) is 6.58. The minimum Gasteiger partial charge on any atom is -0.394 e. The highest BCUT2D eigenvalue weighted by atomic mass is 32.1. The molecule has 3 N–H and O–H groups in total. The molecule has 0 aliphatic rings. The van der Waals surface area contributed by atoms with Crippen LogP contribution in [0.25, 0.3) is 0 Å². The van der Waals surface area contributed by atoms with Crippen LogP contribution in [0.3, 0.4) is 0 Å². The van der Waals surface area contributed by atoms with Gasteiger partial charge in [-0.3, -0.25) is 4.68 Å². The van der Waals surface area contributed by atoms with Crippen molar-refractivity contribution < 1.29 is 0 Å². The topological polar surface area (TPSA) is 68.8 Å². The highest BCUT2D eigenvalue weighted by Gasteiger charge is 2.12. The van der Waals surface area contributed by atoms with Crippen LogP contribution in [0.2, 0.25) is 0 Å². The summed E-state index contributed by atoms with van der Waals surface area (Å²) in [6.45, 7) is 4.97. The standard InChI is InChI=1S/C13H21N5S/c1-4-5-11-12(14)13(18(3)17-11)15-7-6-10-8-19-9(2)16-10/h8,15H,4-7,14H2,1-3H3. The summed E-state index contributed by atoms with van der Waals surface area (Å²) in [6, 6.07) is 0. The van der Waals surface area contributed by atoms with Crippen LogP contribution < -0.4 is 11.1 Å². The summed E-state index contributed by atoms with van der Waals surface area (Å²) in [5.41, 5.74) is 9.00. The van der Waals surface area contributed by atoms with E-state index in [1.165, 1.54) is 0 Å². The van der Waals surface area contributed by atoms with Crippen LogP contribution >= 0.6 is 11.3 Å². The Morgan fingerprint density at radius 1 is 1.42 bits per heavy atom. The molecule has 0 unspecified atom stereocenters. The van der Waals surface area contributed by atoms with Crippen molar-refractivity contribution >= 4 is 22.8 Å². The summed E-state index contributed by atoms with van der Waals surface area (Å²) < 4.78 is 1.83. The van der Waals surface area contributed by atoms with Gasteiger partial charge in [0.1, 0.15) is 5.82 Å². The fourth-order valence-electron chi connectivity index (χ4n) is 2.06. The summed E-state index contributed by atoms with van der Waals surface area (Å²) in [4.78, 5) is 4.45. The predicted molar refractivity (Wildman–Crippen MR) is 80.7 cm³/mol. The highest BCUT2D eigenvalue weighted by molar-refractivity contribution is 7.09. The Kier molecular flexibility index (Phi) is 4.42. The molecular weight excluding hydrogens is 258 g/mol. The lowest BCUT2D eigenvalue weighted by atomic mass is 10.2. The lowest BCUT2D eigenvalue weighted by molar-refractivity contribution is 0.734. The van der Waals surface area contributed by atoms with E-state index < -0.39 is 0 Å². The zero-order valence-corrected chi connectivity index (χ0v) is 12.5. The Labute approximate surface area is 117 Å². The van der Waals surface area contributed by atoms with E-state index in [1.54, 1.807) is 11.3 Å². The number of aromatic nitrogens is 3. The van der Waals surface area contributed by atoms with Gasteiger partial charge in [-0.2, -0.15) is 5.10 Å². The van der Waals surface area contributed by atoms with Gasteiger partial charge in [0.15, 0.2) is 0 Å². The minimum absolute atomic E-state index is 0.777. The number of anilines is 2. The second kappa shape index (κ2) is 6.06. The van der Waals surface area contributed by atoms with Gasteiger partial charge in [-0.05, 0) is 13.3 Å². The number of nitrogens with two attached hydrogens (primary N) is 1. The molecule has 5 nitrogen and oxygen atoms in total. The molecule has 0 atom stereocenters. The van der Waals surface area contributed by atoms with Crippen molar-refractivity contribution in [1.82, 2.24) is 14.8 Å². The molecule has 0 bridgehead atoms. The molecule has 0 saturated carbocycles. The van der Waals surface area contributed by atoms with Gasteiger partial charge in [-0.15, -0.1) is 11.3 Å². The van der Waals surface area contributed by atoms with Crippen molar-refractivity contribution in [3.05, 3.63) is 21.8 Å². The summed E-state index contributed by atoms with van der Waals surface area (Å²) in [5.74, 6) is 0.912.